The maximum absolute atomic E-state index is 12.2. The van der Waals surface area contributed by atoms with Gasteiger partial charge in [-0.3, -0.25) is 4.57 Å². The summed E-state index contributed by atoms with van der Waals surface area (Å²) in [5.41, 5.74) is 0. The fraction of sp³-hybridized carbons (Fsp3) is 1.00. The van der Waals surface area contributed by atoms with Crippen LogP contribution >= 0.6 is 7.37 Å². The van der Waals surface area contributed by atoms with Crippen LogP contribution in [0.3, 0.4) is 0 Å². The van der Waals surface area contributed by atoms with Crippen molar-refractivity contribution in [2.24, 2.45) is 0 Å². The van der Waals surface area contributed by atoms with E-state index in [1.54, 1.807) is 0 Å². The third kappa shape index (κ3) is 4.07. The lowest BCUT2D eigenvalue weighted by molar-refractivity contribution is -0.174. The van der Waals surface area contributed by atoms with Gasteiger partial charge in [0.1, 0.15) is 0 Å². The summed E-state index contributed by atoms with van der Waals surface area (Å²) >= 11 is 0. The van der Waals surface area contributed by atoms with E-state index in [9.17, 15) is 22.1 Å². The van der Waals surface area contributed by atoms with Crippen LogP contribution < -0.4 is 0 Å². The molecule has 0 bridgehead atoms. The van der Waals surface area contributed by atoms with Crippen LogP contribution in [-0.4, -0.2) is 32.3 Å². The number of alkyl halides is 4. The quantitative estimate of drug-likeness (QED) is 0.526. The van der Waals surface area contributed by atoms with E-state index in [1.807, 2.05) is 0 Å². The molecule has 0 rings (SSSR count). The maximum Gasteiger partial charge on any atom is 0.420 e. The highest BCUT2D eigenvalue weighted by Gasteiger charge is 2.43. The van der Waals surface area contributed by atoms with Crippen LogP contribution in [0.1, 0.15) is 0 Å². The minimum Gasteiger partial charge on any atom is -0.332 e. The van der Waals surface area contributed by atoms with Crippen molar-refractivity contribution in [1.82, 2.24) is 0 Å². The molecule has 0 aliphatic carbocycles. The normalized spacial score (nSPS) is 20.2. The van der Waals surface area contributed by atoms with Crippen LogP contribution in [0.5, 0.6) is 0 Å². The van der Waals surface area contributed by atoms with E-state index in [2.05, 4.69) is 4.52 Å². The van der Waals surface area contributed by atoms with Crippen molar-refractivity contribution in [2.75, 3.05) is 19.9 Å². The summed E-state index contributed by atoms with van der Waals surface area (Å²) in [6, 6.07) is 0. The Morgan fingerprint density at radius 3 is 2.17 bits per heavy atom. The molecule has 7 heteroatoms. The van der Waals surface area contributed by atoms with Crippen molar-refractivity contribution in [3.63, 3.8) is 0 Å². The van der Waals surface area contributed by atoms with Gasteiger partial charge < -0.3 is 4.52 Å². The Kier molecular flexibility index (Phi) is 3.72. The van der Waals surface area contributed by atoms with Gasteiger partial charge in [0.05, 0.1) is 6.16 Å². The number of hydrogen-bond donors (Lipinski definition) is 0. The van der Waals surface area contributed by atoms with Gasteiger partial charge in [0.2, 0.25) is 13.5 Å². The molecule has 0 amide bonds. The number of hydrogen-bond acceptors (Lipinski definition) is 2. The molecule has 0 radical (unpaired) electrons. The molecule has 0 saturated heterocycles. The first kappa shape index (κ1) is 11.9. The summed E-state index contributed by atoms with van der Waals surface area (Å²) in [5, 5.41) is 0. The minimum atomic E-state index is -4.95. The van der Waals surface area contributed by atoms with Gasteiger partial charge in [0.15, 0.2) is 0 Å². The SMILES string of the molecule is COP(C)(=O)CC(F)C(F)(F)F. The second-order valence-electron chi connectivity index (χ2n) is 2.39. The lowest BCUT2D eigenvalue weighted by Gasteiger charge is -2.15. The molecule has 0 N–H and O–H groups in total. The van der Waals surface area contributed by atoms with Crippen molar-refractivity contribution in [2.45, 2.75) is 12.3 Å². The van der Waals surface area contributed by atoms with Gasteiger partial charge in [0.25, 0.3) is 0 Å². The Morgan fingerprint density at radius 2 is 1.92 bits per heavy atom. The average Bonchev–Trinajstić information content (AvgIpc) is 1.85. The first-order valence-electron chi connectivity index (χ1n) is 3.02. The lowest BCUT2D eigenvalue weighted by Crippen LogP contribution is -2.27. The Morgan fingerprint density at radius 1 is 1.50 bits per heavy atom. The largest absolute Gasteiger partial charge is 0.420 e. The predicted molar refractivity (Wildman–Crippen MR) is 36.4 cm³/mol. The maximum atomic E-state index is 12.2. The molecule has 2 atom stereocenters. The molecule has 0 aromatic carbocycles. The molecular formula is C5H9F4O2P. The minimum absolute atomic E-state index is 0.964. The fourth-order valence-corrected chi connectivity index (χ4v) is 1.41. The third-order valence-electron chi connectivity index (χ3n) is 1.23. The number of rotatable bonds is 3. The molecule has 2 unspecified atom stereocenters. The predicted octanol–water partition coefficient (Wildman–Crippen LogP) is 2.44. The molecule has 0 heterocycles. The fourth-order valence-electron chi connectivity index (χ4n) is 0.469. The monoisotopic (exact) mass is 208 g/mol. The van der Waals surface area contributed by atoms with Gasteiger partial charge in [-0.15, -0.1) is 0 Å². The van der Waals surface area contributed by atoms with E-state index >= 15 is 0 Å². The van der Waals surface area contributed by atoms with Gasteiger partial charge in [0, 0.05) is 13.8 Å². The standard InChI is InChI=1S/C5H9F4O2P/c1-11-12(2,10)3-4(6)5(7,8)9/h4H,3H2,1-2H3. The highest BCUT2D eigenvalue weighted by molar-refractivity contribution is 7.58. The second kappa shape index (κ2) is 3.75. The zero-order valence-electron chi connectivity index (χ0n) is 6.56. The lowest BCUT2D eigenvalue weighted by atomic mass is 10.4. The second-order valence-corrected chi connectivity index (χ2v) is 5.15. The molecule has 2 nitrogen and oxygen atoms in total. The van der Waals surface area contributed by atoms with Crippen LogP contribution in [0, 0.1) is 0 Å². The van der Waals surface area contributed by atoms with E-state index < -0.39 is 25.9 Å². The van der Waals surface area contributed by atoms with E-state index in [0.717, 1.165) is 13.8 Å². The summed E-state index contributed by atoms with van der Waals surface area (Å²) in [6.07, 6.45) is -9.15. The summed E-state index contributed by atoms with van der Waals surface area (Å²) < 4.78 is 62.0. The van der Waals surface area contributed by atoms with Crippen LogP contribution in [0.15, 0.2) is 0 Å². The summed E-state index contributed by atoms with van der Waals surface area (Å²) in [7, 11) is -2.43. The zero-order chi connectivity index (χ0) is 9.99. The van der Waals surface area contributed by atoms with Crippen molar-refractivity contribution >= 4 is 7.37 Å². The van der Waals surface area contributed by atoms with Crippen molar-refractivity contribution in [1.29, 1.82) is 0 Å². The van der Waals surface area contributed by atoms with E-state index in [0.29, 0.717) is 0 Å². The molecule has 0 spiro atoms. The highest BCUT2D eigenvalue weighted by atomic mass is 31.2. The zero-order valence-corrected chi connectivity index (χ0v) is 7.45. The average molecular weight is 208 g/mol. The van der Waals surface area contributed by atoms with E-state index in [1.165, 1.54) is 0 Å². The van der Waals surface area contributed by atoms with Crippen LogP contribution in [0.2, 0.25) is 0 Å². The Balaban J connectivity index is 4.19. The third-order valence-corrected chi connectivity index (χ3v) is 2.99. The van der Waals surface area contributed by atoms with Crippen LogP contribution in [0.25, 0.3) is 0 Å². The molecule has 0 fully saturated rings. The van der Waals surface area contributed by atoms with Gasteiger partial charge in [-0.2, -0.15) is 13.2 Å². The molecule has 0 aromatic rings. The Hall–Kier alpha value is -0.0900. The Bertz CT molecular complexity index is 190. The molecular weight excluding hydrogens is 199 g/mol. The highest BCUT2D eigenvalue weighted by Crippen LogP contribution is 2.45. The van der Waals surface area contributed by atoms with Gasteiger partial charge in [-0.25, -0.2) is 4.39 Å². The molecule has 0 saturated carbocycles. The van der Waals surface area contributed by atoms with Gasteiger partial charge >= 0.3 is 6.18 Å². The van der Waals surface area contributed by atoms with E-state index in [-0.39, 0.29) is 0 Å². The van der Waals surface area contributed by atoms with Crippen molar-refractivity contribution in [3.05, 3.63) is 0 Å². The first-order valence-corrected chi connectivity index (χ1v) is 5.28. The topological polar surface area (TPSA) is 26.3 Å². The summed E-state index contributed by atoms with van der Waals surface area (Å²) in [6.45, 7) is 0.964. The first-order chi connectivity index (χ1) is 5.19. The number of halogens is 4. The molecule has 74 valence electrons. The smallest absolute Gasteiger partial charge is 0.332 e. The van der Waals surface area contributed by atoms with Crippen LogP contribution in [-0.2, 0) is 9.09 Å². The van der Waals surface area contributed by atoms with Crippen molar-refractivity contribution in [3.8, 4) is 0 Å². The van der Waals surface area contributed by atoms with Crippen molar-refractivity contribution < 1.29 is 26.7 Å². The molecule has 0 aliphatic rings. The van der Waals surface area contributed by atoms with Gasteiger partial charge in [-0.05, 0) is 0 Å². The van der Waals surface area contributed by atoms with E-state index in [4.69, 9.17) is 0 Å². The van der Waals surface area contributed by atoms with Crippen LogP contribution in [0.4, 0.5) is 17.6 Å². The molecule has 12 heavy (non-hydrogen) atoms. The summed E-state index contributed by atoms with van der Waals surface area (Å²) in [4.78, 5) is 0. The summed E-state index contributed by atoms with van der Waals surface area (Å²) in [5.74, 6) is 0. The Labute approximate surface area is 67.4 Å². The molecule has 0 aromatic heterocycles. The molecule has 0 aliphatic heterocycles. The van der Waals surface area contributed by atoms with Gasteiger partial charge in [-0.1, -0.05) is 0 Å².